The summed E-state index contributed by atoms with van der Waals surface area (Å²) in [6.07, 6.45) is 0. The van der Waals surface area contributed by atoms with Gasteiger partial charge in [0.25, 0.3) is 0 Å². The van der Waals surface area contributed by atoms with E-state index >= 15 is 0 Å². The molecule has 0 aliphatic heterocycles. The van der Waals surface area contributed by atoms with Gasteiger partial charge < -0.3 is 0 Å². The first-order valence-corrected chi connectivity index (χ1v) is 23.7. The molecule has 0 radical (unpaired) electrons. The van der Waals surface area contributed by atoms with Crippen molar-refractivity contribution in [2.45, 2.75) is 19.6 Å². The van der Waals surface area contributed by atoms with E-state index in [0.717, 1.165) is 0 Å². The highest BCUT2D eigenvalue weighted by atomic mass is 28.2. The molecule has 48 heavy (non-hydrogen) atoms. The summed E-state index contributed by atoms with van der Waals surface area (Å²) >= 11 is 0. The van der Waals surface area contributed by atoms with Crippen LogP contribution in [0, 0.1) is 0 Å². The van der Waals surface area contributed by atoms with Crippen LogP contribution < -0.4 is 15.6 Å². The Labute approximate surface area is 293 Å². The van der Waals surface area contributed by atoms with Crippen molar-refractivity contribution in [3.05, 3.63) is 164 Å². The minimum atomic E-state index is -0.192. The van der Waals surface area contributed by atoms with Crippen molar-refractivity contribution in [3.63, 3.8) is 0 Å². The van der Waals surface area contributed by atoms with E-state index in [9.17, 15) is 0 Å². The smallest absolute Gasteiger partial charge is 0.0517 e. The van der Waals surface area contributed by atoms with Gasteiger partial charge in [0.2, 0.25) is 0 Å². The van der Waals surface area contributed by atoms with Crippen LogP contribution >= 0.6 is 0 Å². The van der Waals surface area contributed by atoms with Gasteiger partial charge in [-0.1, -0.05) is 181 Å². The Morgan fingerprint density at radius 3 is 0.667 bits per heavy atom. The Balaban J connectivity index is 1.45. The van der Waals surface area contributed by atoms with E-state index in [1.165, 1.54) is 82.3 Å². The second-order valence-corrected chi connectivity index (χ2v) is 17.2. The highest BCUT2D eigenvalue weighted by molar-refractivity contribution is 6.52. The summed E-state index contributed by atoms with van der Waals surface area (Å²) in [5.41, 5.74) is 15.1. The van der Waals surface area contributed by atoms with Crippen molar-refractivity contribution in [1.29, 1.82) is 0 Å². The first-order chi connectivity index (χ1) is 23.6. The van der Waals surface area contributed by atoms with Crippen molar-refractivity contribution in [3.8, 4) is 66.8 Å². The lowest BCUT2D eigenvalue weighted by Gasteiger charge is -2.18. The predicted octanol–water partition coefficient (Wildman–Crippen LogP) is 8.22. The largest absolute Gasteiger partial charge is 0.0708 e. The molecule has 7 rings (SSSR count). The van der Waals surface area contributed by atoms with Gasteiger partial charge >= 0.3 is 0 Å². The molecule has 0 aliphatic rings. The molecule has 7 aromatic carbocycles. The molecule has 0 amide bonds. The minimum absolute atomic E-state index is 0.192. The van der Waals surface area contributed by atoms with Crippen molar-refractivity contribution in [1.82, 2.24) is 0 Å². The third-order valence-corrected chi connectivity index (χ3v) is 13.5. The summed E-state index contributed by atoms with van der Waals surface area (Å²) in [4.78, 5) is 0. The molecular weight excluding hydrogens is 625 g/mol. The molecule has 3 heteroatoms. The van der Waals surface area contributed by atoms with E-state index in [-0.39, 0.29) is 28.6 Å². The molecule has 0 heterocycles. The summed E-state index contributed by atoms with van der Waals surface area (Å²) in [5, 5.41) is 4.49. The topological polar surface area (TPSA) is 0 Å². The highest BCUT2D eigenvalue weighted by Gasteiger charge is 2.16. The molecule has 0 aliphatic carbocycles. The van der Waals surface area contributed by atoms with E-state index < -0.39 is 0 Å². The first kappa shape index (κ1) is 31.8. The van der Waals surface area contributed by atoms with Crippen LogP contribution in [0.15, 0.2) is 164 Å². The standard InChI is InChI=1S/C45H42Si3/c1-46-37-22-16-31(17-23-37)40-10-4-7-13-43(40)34-28-35(44-14-8-5-11-41(44)32-18-24-38(47-2)25-19-32)30-36(29-34)45-15-9-6-12-42(45)33-20-26-39(48-3)27-21-33/h4-30H,46-48H2,1-3H3. The van der Waals surface area contributed by atoms with Crippen LogP contribution in [0.5, 0.6) is 0 Å². The fourth-order valence-electron chi connectivity index (χ4n) is 6.81. The summed E-state index contributed by atoms with van der Waals surface area (Å²) < 4.78 is 0. The maximum atomic E-state index is 2.41. The van der Waals surface area contributed by atoms with Gasteiger partial charge in [0.15, 0.2) is 0 Å². The molecule has 0 saturated heterocycles. The van der Waals surface area contributed by atoms with Gasteiger partial charge in [-0.3, -0.25) is 0 Å². The summed E-state index contributed by atoms with van der Waals surface area (Å²) in [7, 11) is -0.575. The van der Waals surface area contributed by atoms with Crippen molar-refractivity contribution in [2.75, 3.05) is 0 Å². The van der Waals surface area contributed by atoms with Crippen molar-refractivity contribution in [2.24, 2.45) is 0 Å². The van der Waals surface area contributed by atoms with Gasteiger partial charge in [-0.15, -0.1) is 0 Å². The first-order valence-electron chi connectivity index (χ1n) is 17.4. The maximum Gasteiger partial charge on any atom is 0.0517 e. The predicted molar refractivity (Wildman–Crippen MR) is 221 cm³/mol. The fraction of sp³-hybridized carbons (Fsp3) is 0.0667. The van der Waals surface area contributed by atoms with Crippen LogP contribution in [0.3, 0.4) is 0 Å². The number of hydrogen-bond donors (Lipinski definition) is 0. The molecule has 0 atom stereocenters. The van der Waals surface area contributed by atoms with Crippen LogP contribution in [0.1, 0.15) is 0 Å². The lowest BCUT2D eigenvalue weighted by Crippen LogP contribution is -2.08. The lowest BCUT2D eigenvalue weighted by atomic mass is 9.86. The van der Waals surface area contributed by atoms with Gasteiger partial charge in [-0.25, -0.2) is 0 Å². The summed E-state index contributed by atoms with van der Waals surface area (Å²) in [6.45, 7) is 7.06. The Morgan fingerprint density at radius 2 is 0.458 bits per heavy atom. The van der Waals surface area contributed by atoms with Gasteiger partial charge in [0.1, 0.15) is 0 Å². The average Bonchev–Trinajstić information content (AvgIpc) is 3.18. The molecule has 0 aromatic heterocycles. The monoisotopic (exact) mass is 666 g/mol. The van der Waals surface area contributed by atoms with E-state index in [2.05, 4.69) is 183 Å². The van der Waals surface area contributed by atoms with E-state index in [1.54, 1.807) is 0 Å². The van der Waals surface area contributed by atoms with Crippen LogP contribution in [-0.2, 0) is 0 Å². The van der Waals surface area contributed by atoms with Crippen LogP contribution in [0.25, 0.3) is 66.8 Å². The Bertz CT molecular complexity index is 1900. The molecule has 0 bridgehead atoms. The second-order valence-electron chi connectivity index (χ2n) is 12.6. The van der Waals surface area contributed by atoms with Crippen molar-refractivity contribution < 1.29 is 0 Å². The normalized spacial score (nSPS) is 11.8. The zero-order chi connectivity index (χ0) is 32.9. The Morgan fingerprint density at radius 1 is 0.250 bits per heavy atom. The molecule has 7 aromatic rings. The maximum absolute atomic E-state index is 2.41. The van der Waals surface area contributed by atoms with Crippen molar-refractivity contribution >= 4 is 44.1 Å². The molecule has 0 nitrogen and oxygen atoms in total. The molecule has 0 N–H and O–H groups in total. The zero-order valence-electron chi connectivity index (χ0n) is 28.2. The number of rotatable bonds is 9. The van der Waals surface area contributed by atoms with Crippen LogP contribution in [0.2, 0.25) is 19.6 Å². The fourth-order valence-corrected chi connectivity index (χ4v) is 8.94. The molecule has 0 fully saturated rings. The minimum Gasteiger partial charge on any atom is -0.0708 e. The quantitative estimate of drug-likeness (QED) is 0.136. The summed E-state index contributed by atoms with van der Waals surface area (Å²) in [5.74, 6) is 0. The van der Waals surface area contributed by atoms with Gasteiger partial charge in [-0.2, -0.15) is 0 Å². The Hall–Kier alpha value is -4.81. The van der Waals surface area contributed by atoms with E-state index in [1.807, 2.05) is 0 Å². The summed E-state index contributed by atoms with van der Waals surface area (Å²) in [6, 6.07) is 61.8. The second kappa shape index (κ2) is 14.5. The SMILES string of the molecule is C[SiH2]c1ccc(-c2ccccc2-c2cc(-c3ccccc3-c3ccc([SiH2]C)cc3)cc(-c3ccccc3-c3ccc([SiH2]C)cc3)c2)cc1. The van der Waals surface area contributed by atoms with Crippen LogP contribution in [0.4, 0.5) is 0 Å². The molecule has 0 spiro atoms. The molecule has 0 saturated carbocycles. The average molecular weight is 667 g/mol. The van der Waals surface area contributed by atoms with Gasteiger partial charge in [0, 0.05) is 0 Å². The molecule has 0 unspecified atom stereocenters. The molecule has 234 valence electrons. The number of benzene rings is 7. The van der Waals surface area contributed by atoms with E-state index in [0.29, 0.717) is 0 Å². The highest BCUT2D eigenvalue weighted by Crippen LogP contribution is 2.41. The van der Waals surface area contributed by atoms with Crippen LogP contribution in [-0.4, -0.2) is 28.6 Å². The van der Waals surface area contributed by atoms with Gasteiger partial charge in [0.05, 0.1) is 28.6 Å². The lowest BCUT2D eigenvalue weighted by molar-refractivity contribution is 1.54. The van der Waals surface area contributed by atoms with E-state index in [4.69, 9.17) is 0 Å². The molecular formula is C45H42Si3. The third kappa shape index (κ3) is 6.63. The number of hydrogen-bond acceptors (Lipinski definition) is 0. The zero-order valence-corrected chi connectivity index (χ0v) is 32.5. The third-order valence-electron chi connectivity index (χ3n) is 9.67. The van der Waals surface area contributed by atoms with Gasteiger partial charge in [-0.05, 0) is 85.0 Å². The Kier molecular flexibility index (Phi) is 9.62.